The Morgan fingerprint density at radius 3 is 2.78 bits per heavy atom. The molecule has 0 bridgehead atoms. The first-order valence-corrected chi connectivity index (χ1v) is 8.12. The third kappa shape index (κ3) is 2.00. The van der Waals surface area contributed by atoms with E-state index in [-0.39, 0.29) is 5.41 Å². The van der Waals surface area contributed by atoms with Gasteiger partial charge in [0.05, 0.1) is 0 Å². The first-order valence-electron chi connectivity index (χ1n) is 7.24. The van der Waals surface area contributed by atoms with Crippen molar-refractivity contribution in [3.8, 4) is 0 Å². The summed E-state index contributed by atoms with van der Waals surface area (Å²) in [5, 5.41) is 0.736. The fourth-order valence-electron chi connectivity index (χ4n) is 3.67. The van der Waals surface area contributed by atoms with Crippen LogP contribution in [0.2, 0.25) is 0 Å². The molecule has 1 aliphatic heterocycles. The van der Waals surface area contributed by atoms with Gasteiger partial charge in [-0.3, -0.25) is 0 Å². The number of hydrogen-bond acceptors (Lipinski definition) is 2. The van der Waals surface area contributed by atoms with Crippen LogP contribution < -0.4 is 5.73 Å². The highest BCUT2D eigenvalue weighted by atomic mass is 32.2. The van der Waals surface area contributed by atoms with Gasteiger partial charge in [0.25, 0.3) is 0 Å². The monoisotopic (exact) mass is 261 g/mol. The first kappa shape index (κ1) is 12.6. The molecule has 1 heterocycles. The van der Waals surface area contributed by atoms with Gasteiger partial charge in [0, 0.05) is 22.1 Å². The van der Waals surface area contributed by atoms with Crippen LogP contribution in [0.1, 0.15) is 50.2 Å². The van der Waals surface area contributed by atoms with Crippen LogP contribution in [0.4, 0.5) is 0 Å². The summed E-state index contributed by atoms with van der Waals surface area (Å²) >= 11 is 2.07. The zero-order valence-corrected chi connectivity index (χ0v) is 12.1. The van der Waals surface area contributed by atoms with E-state index in [0.29, 0.717) is 0 Å². The predicted molar refractivity (Wildman–Crippen MR) is 79.3 cm³/mol. The number of nitrogens with two attached hydrogens (primary N) is 1. The molecule has 1 aromatic rings. The molecule has 1 aliphatic carbocycles. The number of benzene rings is 1. The summed E-state index contributed by atoms with van der Waals surface area (Å²) < 4.78 is 0. The Morgan fingerprint density at radius 1 is 1.28 bits per heavy atom. The second kappa shape index (κ2) is 4.90. The van der Waals surface area contributed by atoms with Crippen LogP contribution >= 0.6 is 11.8 Å². The number of rotatable bonds is 2. The smallest absolute Gasteiger partial charge is 0.0145 e. The lowest BCUT2D eigenvalue weighted by Crippen LogP contribution is -2.37. The Bertz CT molecular complexity index is 435. The van der Waals surface area contributed by atoms with E-state index in [9.17, 15) is 0 Å². The van der Waals surface area contributed by atoms with Gasteiger partial charge in [-0.05, 0) is 30.4 Å². The summed E-state index contributed by atoms with van der Waals surface area (Å²) in [7, 11) is 0. The van der Waals surface area contributed by atoms with Crippen LogP contribution in [0.15, 0.2) is 23.1 Å². The molecule has 3 rings (SSSR count). The van der Waals surface area contributed by atoms with Crippen molar-refractivity contribution in [1.29, 1.82) is 0 Å². The van der Waals surface area contributed by atoms with Gasteiger partial charge in [0.15, 0.2) is 0 Å². The van der Waals surface area contributed by atoms with E-state index in [2.05, 4.69) is 36.9 Å². The molecule has 0 radical (unpaired) electrons. The van der Waals surface area contributed by atoms with E-state index >= 15 is 0 Å². The molecule has 0 spiro atoms. The average Bonchev–Trinajstić information content (AvgIpc) is 2.79. The molecule has 0 amide bonds. The maximum Gasteiger partial charge on any atom is 0.0145 e. The second-order valence-electron chi connectivity index (χ2n) is 5.97. The van der Waals surface area contributed by atoms with Gasteiger partial charge in [-0.15, -0.1) is 11.8 Å². The fourth-order valence-corrected chi connectivity index (χ4v) is 5.05. The van der Waals surface area contributed by atoms with Crippen LogP contribution in [-0.4, -0.2) is 11.8 Å². The van der Waals surface area contributed by atoms with Crippen molar-refractivity contribution in [3.63, 3.8) is 0 Å². The zero-order chi connectivity index (χ0) is 12.6. The number of fused-ring (bicyclic) bond motifs is 1. The quantitative estimate of drug-likeness (QED) is 0.874. The first-order chi connectivity index (χ1) is 8.75. The van der Waals surface area contributed by atoms with Crippen molar-refractivity contribution in [2.45, 2.75) is 61.0 Å². The molecule has 1 nitrogen and oxygen atoms in total. The molecule has 1 saturated carbocycles. The Hall–Kier alpha value is -0.470. The van der Waals surface area contributed by atoms with E-state index in [1.165, 1.54) is 38.5 Å². The molecule has 2 N–H and O–H groups in total. The Labute approximate surface area is 115 Å². The van der Waals surface area contributed by atoms with Crippen molar-refractivity contribution < 1.29 is 0 Å². The third-order valence-electron chi connectivity index (χ3n) is 4.70. The lowest BCUT2D eigenvalue weighted by molar-refractivity contribution is 0.296. The second-order valence-corrected chi connectivity index (χ2v) is 7.42. The highest BCUT2D eigenvalue weighted by Gasteiger charge is 2.36. The van der Waals surface area contributed by atoms with E-state index in [4.69, 9.17) is 5.73 Å². The topological polar surface area (TPSA) is 26.0 Å². The van der Waals surface area contributed by atoms with Gasteiger partial charge in [-0.25, -0.2) is 0 Å². The maximum atomic E-state index is 6.19. The van der Waals surface area contributed by atoms with Crippen molar-refractivity contribution >= 4 is 11.8 Å². The van der Waals surface area contributed by atoms with Crippen molar-refractivity contribution in [1.82, 2.24) is 0 Å². The molecular weight excluding hydrogens is 238 g/mol. The Kier molecular flexibility index (Phi) is 3.42. The van der Waals surface area contributed by atoms with Crippen LogP contribution in [0.3, 0.4) is 0 Å². The van der Waals surface area contributed by atoms with E-state index < -0.39 is 0 Å². The summed E-state index contributed by atoms with van der Waals surface area (Å²) in [6.45, 7) is 3.16. The predicted octanol–water partition coefficient (Wildman–Crippen LogP) is 3.88. The van der Waals surface area contributed by atoms with Gasteiger partial charge in [0.1, 0.15) is 0 Å². The number of hydrogen-bond donors (Lipinski definition) is 1. The van der Waals surface area contributed by atoms with Crippen LogP contribution in [-0.2, 0) is 11.8 Å². The fraction of sp³-hybridized carbons (Fsp3) is 0.625. The summed E-state index contributed by atoms with van der Waals surface area (Å²) in [4.78, 5) is 1.57. The average molecular weight is 261 g/mol. The highest BCUT2D eigenvalue weighted by Crippen LogP contribution is 2.47. The standard InChI is InChI=1S/C16H23NS/c1-12-10-13-6-5-7-14(15(13)18-12)16(11-17)8-3-2-4-9-16/h5-7,12H,2-4,8-11,17H2,1H3. The van der Waals surface area contributed by atoms with Gasteiger partial charge in [-0.2, -0.15) is 0 Å². The van der Waals surface area contributed by atoms with E-state index in [0.717, 1.165) is 11.8 Å². The molecule has 2 heteroatoms. The normalized spacial score (nSPS) is 26.0. The van der Waals surface area contributed by atoms with Crippen molar-refractivity contribution in [2.24, 2.45) is 5.73 Å². The SMILES string of the molecule is CC1Cc2cccc(C3(CN)CCCCC3)c2S1. The highest BCUT2D eigenvalue weighted by molar-refractivity contribution is 8.00. The molecule has 1 fully saturated rings. The molecular formula is C16H23NS. The lowest BCUT2D eigenvalue weighted by Gasteiger charge is -2.38. The molecule has 98 valence electrons. The third-order valence-corrected chi connectivity index (χ3v) is 5.98. The summed E-state index contributed by atoms with van der Waals surface area (Å²) in [5.74, 6) is 0. The minimum atomic E-state index is 0.278. The molecule has 1 aromatic carbocycles. The van der Waals surface area contributed by atoms with Crippen molar-refractivity contribution in [2.75, 3.05) is 6.54 Å². The summed E-state index contributed by atoms with van der Waals surface area (Å²) in [6.07, 6.45) is 7.89. The zero-order valence-electron chi connectivity index (χ0n) is 11.2. The molecule has 1 unspecified atom stereocenters. The van der Waals surface area contributed by atoms with Crippen LogP contribution in [0.25, 0.3) is 0 Å². The molecule has 2 aliphatic rings. The van der Waals surface area contributed by atoms with Gasteiger partial charge in [-0.1, -0.05) is 44.4 Å². The summed E-state index contributed by atoms with van der Waals surface area (Å²) in [5.41, 5.74) is 9.59. The Balaban J connectivity index is 2.03. The van der Waals surface area contributed by atoms with Crippen LogP contribution in [0, 0.1) is 0 Å². The summed E-state index contributed by atoms with van der Waals surface area (Å²) in [6, 6.07) is 6.91. The maximum absolute atomic E-state index is 6.19. The molecule has 1 atom stereocenters. The van der Waals surface area contributed by atoms with Gasteiger partial charge in [0.2, 0.25) is 0 Å². The largest absolute Gasteiger partial charge is 0.330 e. The lowest BCUT2D eigenvalue weighted by atomic mass is 9.69. The van der Waals surface area contributed by atoms with Gasteiger partial charge >= 0.3 is 0 Å². The van der Waals surface area contributed by atoms with Crippen molar-refractivity contribution in [3.05, 3.63) is 29.3 Å². The molecule has 18 heavy (non-hydrogen) atoms. The molecule has 0 aromatic heterocycles. The number of thioether (sulfide) groups is 1. The van der Waals surface area contributed by atoms with E-state index in [1.54, 1.807) is 16.0 Å². The minimum absolute atomic E-state index is 0.278. The van der Waals surface area contributed by atoms with E-state index in [1.807, 2.05) is 0 Å². The van der Waals surface area contributed by atoms with Gasteiger partial charge < -0.3 is 5.73 Å². The Morgan fingerprint density at radius 2 is 2.06 bits per heavy atom. The minimum Gasteiger partial charge on any atom is -0.330 e. The molecule has 0 saturated heterocycles. The van der Waals surface area contributed by atoms with Crippen LogP contribution in [0.5, 0.6) is 0 Å².